The summed E-state index contributed by atoms with van der Waals surface area (Å²) in [6.07, 6.45) is 2.81. The van der Waals surface area contributed by atoms with Gasteiger partial charge in [-0.15, -0.1) is 11.3 Å². The Morgan fingerprint density at radius 1 is 1.20 bits per heavy atom. The quantitative estimate of drug-likeness (QED) is 0.797. The highest BCUT2D eigenvalue weighted by molar-refractivity contribution is 7.09. The highest BCUT2D eigenvalue weighted by Gasteiger charge is 2.40. The fourth-order valence-corrected chi connectivity index (χ4v) is 4.75. The predicted molar refractivity (Wildman–Crippen MR) is 118 cm³/mol. The zero-order chi connectivity index (χ0) is 21.3. The average Bonchev–Trinajstić information content (AvgIpc) is 3.28. The summed E-state index contributed by atoms with van der Waals surface area (Å²) >= 11 is 1.58. The first-order chi connectivity index (χ1) is 14.5. The van der Waals surface area contributed by atoms with Gasteiger partial charge >= 0.3 is 0 Å². The second-order valence-electron chi connectivity index (χ2n) is 7.89. The third-order valence-electron chi connectivity index (χ3n) is 5.62. The van der Waals surface area contributed by atoms with Gasteiger partial charge in [0.25, 0.3) is 5.91 Å². The fourth-order valence-electron chi connectivity index (χ4n) is 4.11. The smallest absolute Gasteiger partial charge is 0.253 e. The van der Waals surface area contributed by atoms with Gasteiger partial charge in [0.2, 0.25) is 11.8 Å². The van der Waals surface area contributed by atoms with E-state index in [0.717, 1.165) is 36.4 Å². The van der Waals surface area contributed by atoms with Crippen LogP contribution >= 0.6 is 11.3 Å². The number of anilines is 2. The van der Waals surface area contributed by atoms with Gasteiger partial charge in [-0.05, 0) is 48.9 Å². The van der Waals surface area contributed by atoms with E-state index in [-0.39, 0.29) is 30.3 Å². The molecule has 3 heterocycles. The standard InChI is InChI=1S/C22H26N4O3S/c1-24(2)21(28)15-8-9-17-19(12-15)26(22(29)18-7-3-4-10-25(17)18)14-20(27)23-13-16-6-5-11-30-16/h5-6,8-9,11-12,18H,3-4,7,10,13-14H2,1-2H3,(H,23,27)/t18-/m1/s1. The van der Waals surface area contributed by atoms with Crippen molar-refractivity contribution in [2.45, 2.75) is 31.8 Å². The van der Waals surface area contributed by atoms with Crippen molar-refractivity contribution in [3.05, 3.63) is 46.2 Å². The van der Waals surface area contributed by atoms with E-state index >= 15 is 0 Å². The lowest BCUT2D eigenvalue weighted by molar-refractivity contribution is -0.125. The predicted octanol–water partition coefficient (Wildman–Crippen LogP) is 2.47. The van der Waals surface area contributed by atoms with Crippen LogP contribution in [0.2, 0.25) is 0 Å². The summed E-state index contributed by atoms with van der Waals surface area (Å²) in [4.78, 5) is 44.7. The summed E-state index contributed by atoms with van der Waals surface area (Å²) in [5.41, 5.74) is 2.06. The van der Waals surface area contributed by atoms with E-state index in [1.165, 1.54) is 4.90 Å². The molecule has 8 heteroatoms. The number of carbonyl (C=O) groups excluding carboxylic acids is 3. The second kappa shape index (κ2) is 8.47. The molecule has 0 saturated carbocycles. The summed E-state index contributed by atoms with van der Waals surface area (Å²) in [5.74, 6) is -0.410. The van der Waals surface area contributed by atoms with Crippen molar-refractivity contribution in [1.82, 2.24) is 10.2 Å². The van der Waals surface area contributed by atoms with Crippen LogP contribution in [0.3, 0.4) is 0 Å². The first kappa shape index (κ1) is 20.4. The van der Waals surface area contributed by atoms with Crippen molar-refractivity contribution < 1.29 is 14.4 Å². The Morgan fingerprint density at radius 2 is 2.03 bits per heavy atom. The Bertz CT molecular complexity index is 957. The van der Waals surface area contributed by atoms with Gasteiger partial charge in [-0.25, -0.2) is 0 Å². The zero-order valence-electron chi connectivity index (χ0n) is 17.3. The van der Waals surface area contributed by atoms with Gasteiger partial charge in [-0.3, -0.25) is 19.3 Å². The Kier molecular flexibility index (Phi) is 5.76. The molecule has 0 unspecified atom stereocenters. The number of nitrogens with zero attached hydrogens (tertiary/aromatic N) is 3. The molecule has 3 amide bonds. The van der Waals surface area contributed by atoms with E-state index in [4.69, 9.17) is 0 Å². The summed E-state index contributed by atoms with van der Waals surface area (Å²) in [6.45, 7) is 1.20. The topological polar surface area (TPSA) is 73.0 Å². The van der Waals surface area contributed by atoms with Crippen LogP contribution in [-0.4, -0.2) is 55.8 Å². The highest BCUT2D eigenvalue weighted by Crippen LogP contribution is 2.40. The van der Waals surface area contributed by atoms with Crippen molar-refractivity contribution in [3.8, 4) is 0 Å². The normalized spacial score (nSPS) is 17.9. The molecule has 0 bridgehead atoms. The highest BCUT2D eigenvalue weighted by atomic mass is 32.1. The number of rotatable bonds is 5. The molecule has 2 aromatic rings. The van der Waals surface area contributed by atoms with Crippen LogP contribution in [0.5, 0.6) is 0 Å². The van der Waals surface area contributed by atoms with Gasteiger partial charge in [0.1, 0.15) is 12.6 Å². The molecule has 1 atom stereocenters. The summed E-state index contributed by atoms with van der Waals surface area (Å²) in [6, 6.07) is 9.12. The number of nitrogens with one attached hydrogen (secondary N) is 1. The maximum absolute atomic E-state index is 13.3. The van der Waals surface area contributed by atoms with E-state index in [9.17, 15) is 14.4 Å². The molecule has 30 heavy (non-hydrogen) atoms. The molecule has 1 aromatic carbocycles. The molecule has 2 aliphatic rings. The van der Waals surface area contributed by atoms with Crippen LogP contribution in [0.1, 0.15) is 34.5 Å². The number of hydrogen-bond acceptors (Lipinski definition) is 5. The fraction of sp³-hybridized carbons (Fsp3) is 0.409. The Balaban J connectivity index is 1.63. The molecule has 4 rings (SSSR count). The molecule has 1 saturated heterocycles. The molecule has 0 spiro atoms. The van der Waals surface area contributed by atoms with E-state index < -0.39 is 0 Å². The van der Waals surface area contributed by atoms with E-state index in [1.807, 2.05) is 23.6 Å². The summed E-state index contributed by atoms with van der Waals surface area (Å²) < 4.78 is 0. The molecular weight excluding hydrogens is 400 g/mol. The Hall–Kier alpha value is -2.87. The number of amides is 3. The first-order valence-electron chi connectivity index (χ1n) is 10.2. The minimum absolute atomic E-state index is 0.0544. The van der Waals surface area contributed by atoms with Gasteiger partial charge < -0.3 is 15.1 Å². The largest absolute Gasteiger partial charge is 0.358 e. The van der Waals surface area contributed by atoms with Gasteiger partial charge in [-0.2, -0.15) is 0 Å². The number of carbonyl (C=O) groups is 3. The minimum atomic E-state index is -0.244. The van der Waals surface area contributed by atoms with Crippen molar-refractivity contribution in [2.75, 3.05) is 37.0 Å². The molecular formula is C22H26N4O3S. The lowest BCUT2D eigenvalue weighted by Crippen LogP contribution is -2.57. The van der Waals surface area contributed by atoms with Crippen LogP contribution in [0.25, 0.3) is 0 Å². The van der Waals surface area contributed by atoms with Gasteiger partial charge in [0.05, 0.1) is 17.9 Å². The number of piperidine rings is 1. The molecule has 1 fully saturated rings. The lowest BCUT2D eigenvalue weighted by atomic mass is 9.95. The van der Waals surface area contributed by atoms with Crippen LogP contribution in [0.4, 0.5) is 11.4 Å². The summed E-state index contributed by atoms with van der Waals surface area (Å²) in [5, 5.41) is 4.87. The van der Waals surface area contributed by atoms with E-state index in [2.05, 4.69) is 10.2 Å². The van der Waals surface area contributed by atoms with Crippen molar-refractivity contribution in [2.24, 2.45) is 0 Å². The number of fused-ring (bicyclic) bond motifs is 3. The van der Waals surface area contributed by atoms with Crippen LogP contribution in [0, 0.1) is 0 Å². The van der Waals surface area contributed by atoms with Gasteiger partial charge in [-0.1, -0.05) is 6.07 Å². The SMILES string of the molecule is CN(C)C(=O)c1ccc2c(c1)N(CC(=O)NCc1cccs1)C(=O)[C@H]1CCCCN21. The van der Waals surface area contributed by atoms with Crippen molar-refractivity contribution >= 4 is 40.4 Å². The van der Waals surface area contributed by atoms with Gasteiger partial charge in [0.15, 0.2) is 0 Å². The monoisotopic (exact) mass is 426 g/mol. The molecule has 7 nitrogen and oxygen atoms in total. The first-order valence-corrected chi connectivity index (χ1v) is 11.1. The maximum atomic E-state index is 13.3. The maximum Gasteiger partial charge on any atom is 0.253 e. The van der Waals surface area contributed by atoms with E-state index in [1.54, 1.807) is 42.5 Å². The zero-order valence-corrected chi connectivity index (χ0v) is 18.1. The lowest BCUT2D eigenvalue weighted by Gasteiger charge is -2.45. The molecule has 1 aromatic heterocycles. The molecule has 1 N–H and O–H groups in total. The second-order valence-corrected chi connectivity index (χ2v) is 8.92. The number of benzene rings is 1. The van der Waals surface area contributed by atoms with E-state index in [0.29, 0.717) is 17.8 Å². The third kappa shape index (κ3) is 3.92. The van der Waals surface area contributed by atoms with Crippen LogP contribution < -0.4 is 15.1 Å². The van der Waals surface area contributed by atoms with Crippen molar-refractivity contribution in [1.29, 1.82) is 0 Å². The molecule has 2 aliphatic heterocycles. The number of hydrogen-bond donors (Lipinski definition) is 1. The third-order valence-corrected chi connectivity index (χ3v) is 6.50. The summed E-state index contributed by atoms with van der Waals surface area (Å²) in [7, 11) is 3.40. The molecule has 158 valence electrons. The van der Waals surface area contributed by atoms with Gasteiger partial charge in [0, 0.05) is 31.1 Å². The Labute approximate surface area is 180 Å². The Morgan fingerprint density at radius 3 is 2.77 bits per heavy atom. The minimum Gasteiger partial charge on any atom is -0.358 e. The van der Waals surface area contributed by atoms with Crippen molar-refractivity contribution in [3.63, 3.8) is 0 Å². The van der Waals surface area contributed by atoms with Crippen LogP contribution in [0.15, 0.2) is 35.7 Å². The number of thiophene rings is 1. The molecule has 0 aliphatic carbocycles. The van der Waals surface area contributed by atoms with Crippen LogP contribution in [-0.2, 0) is 16.1 Å². The average molecular weight is 427 g/mol. The molecule has 0 radical (unpaired) electrons.